The first-order valence-corrected chi connectivity index (χ1v) is 11.9. The summed E-state index contributed by atoms with van der Waals surface area (Å²) in [4.78, 5) is 27.0. The van der Waals surface area contributed by atoms with E-state index in [1.807, 2.05) is 0 Å². The molecule has 1 aromatic rings. The van der Waals surface area contributed by atoms with Crippen LogP contribution in [-0.2, 0) is 20.7 Å². The molecule has 6 heteroatoms. The van der Waals surface area contributed by atoms with Crippen molar-refractivity contribution in [3.8, 4) is 11.5 Å². The van der Waals surface area contributed by atoms with Crippen molar-refractivity contribution in [1.29, 1.82) is 0 Å². The van der Waals surface area contributed by atoms with Gasteiger partial charge in [0.1, 0.15) is 5.78 Å². The zero-order valence-corrected chi connectivity index (χ0v) is 19.4. The van der Waals surface area contributed by atoms with Gasteiger partial charge in [0.05, 0.1) is 14.2 Å². The molecule has 0 aliphatic heterocycles. The highest BCUT2D eigenvalue weighted by Gasteiger charge is 2.45. The Morgan fingerprint density at radius 3 is 2.69 bits per heavy atom. The molecule has 3 unspecified atom stereocenters. The van der Waals surface area contributed by atoms with E-state index in [2.05, 4.69) is 11.8 Å². The Labute approximate surface area is 190 Å². The Morgan fingerprint density at radius 2 is 2.03 bits per heavy atom. The van der Waals surface area contributed by atoms with Crippen LogP contribution in [0.3, 0.4) is 0 Å². The Kier molecular flexibility index (Phi) is 6.89. The number of ketones is 1. The summed E-state index contributed by atoms with van der Waals surface area (Å²) in [7, 11) is 2.89. The third kappa shape index (κ3) is 4.56. The van der Waals surface area contributed by atoms with Crippen LogP contribution in [0.2, 0.25) is 0 Å². The van der Waals surface area contributed by atoms with E-state index in [0.29, 0.717) is 30.6 Å². The zero-order chi connectivity index (χ0) is 22.8. The lowest BCUT2D eigenvalue weighted by atomic mass is 9.64. The van der Waals surface area contributed by atoms with Gasteiger partial charge in [0.15, 0.2) is 11.5 Å². The summed E-state index contributed by atoms with van der Waals surface area (Å²) in [5.41, 5.74) is 2.72. The van der Waals surface area contributed by atoms with Gasteiger partial charge < -0.3 is 14.6 Å². The van der Waals surface area contributed by atoms with Gasteiger partial charge in [-0.3, -0.25) is 9.69 Å². The van der Waals surface area contributed by atoms with E-state index < -0.39 is 5.97 Å². The summed E-state index contributed by atoms with van der Waals surface area (Å²) < 4.78 is 10.2. The second-order valence-electron chi connectivity index (χ2n) is 9.53. The van der Waals surface area contributed by atoms with Crippen LogP contribution in [0, 0.1) is 11.8 Å². The number of esters is 1. The van der Waals surface area contributed by atoms with E-state index in [-0.39, 0.29) is 17.5 Å². The molecular formula is C26H35NO5. The van der Waals surface area contributed by atoms with Gasteiger partial charge >= 0.3 is 5.97 Å². The number of nitrogens with zero attached hydrogens (tertiary/aromatic N) is 1. The molecule has 0 bridgehead atoms. The lowest BCUT2D eigenvalue weighted by molar-refractivity contribution is -0.134. The van der Waals surface area contributed by atoms with Crippen LogP contribution < -0.4 is 4.74 Å². The van der Waals surface area contributed by atoms with Crippen LogP contribution in [0.5, 0.6) is 11.5 Å². The normalized spacial score (nSPS) is 25.0. The van der Waals surface area contributed by atoms with Crippen LogP contribution in [0.4, 0.5) is 0 Å². The van der Waals surface area contributed by atoms with Gasteiger partial charge in [-0.2, -0.15) is 0 Å². The number of carbonyl (C=O) groups is 2. The Morgan fingerprint density at radius 1 is 1.25 bits per heavy atom. The van der Waals surface area contributed by atoms with Crippen molar-refractivity contribution in [2.75, 3.05) is 27.3 Å². The average molecular weight is 442 g/mol. The standard InChI is InChI=1S/C26H35NO5/c1-4-11-27(15-16-5-6-16)22-14-20-17(7-10-24(29)32-3)12-23(31-2)26(30)25(20)21-13-18(28)8-9-19(21)22/h7,10,12,16,19,21-22,30H,4-6,8-9,11,13-15H2,1-3H3/b10-7+. The summed E-state index contributed by atoms with van der Waals surface area (Å²) in [6, 6.07) is 2.12. The van der Waals surface area contributed by atoms with Crippen molar-refractivity contribution in [1.82, 2.24) is 4.90 Å². The molecule has 0 spiro atoms. The number of aromatic hydroxyl groups is 1. The quantitative estimate of drug-likeness (QED) is 0.484. The number of ether oxygens (including phenoxy) is 2. The topological polar surface area (TPSA) is 76.1 Å². The van der Waals surface area contributed by atoms with Crippen molar-refractivity contribution in [2.24, 2.45) is 11.8 Å². The number of hydrogen-bond acceptors (Lipinski definition) is 6. The van der Waals surface area contributed by atoms with Crippen molar-refractivity contribution in [2.45, 2.75) is 63.8 Å². The summed E-state index contributed by atoms with van der Waals surface area (Å²) in [6.07, 6.45) is 9.61. The minimum Gasteiger partial charge on any atom is -0.504 e. The number of Topliss-reactive ketones (excluding diaryl/α,β-unsaturated/α-hetero) is 1. The van der Waals surface area contributed by atoms with Gasteiger partial charge in [-0.1, -0.05) is 6.92 Å². The van der Waals surface area contributed by atoms with Gasteiger partial charge in [0, 0.05) is 37.1 Å². The van der Waals surface area contributed by atoms with Gasteiger partial charge in [0.2, 0.25) is 0 Å². The van der Waals surface area contributed by atoms with E-state index >= 15 is 0 Å². The molecule has 1 N–H and O–H groups in total. The molecule has 0 heterocycles. The molecule has 1 aromatic carbocycles. The molecule has 0 saturated heterocycles. The highest BCUT2D eigenvalue weighted by atomic mass is 16.5. The maximum Gasteiger partial charge on any atom is 0.330 e. The molecule has 0 amide bonds. The minimum absolute atomic E-state index is 0.0241. The largest absolute Gasteiger partial charge is 0.504 e. The van der Waals surface area contributed by atoms with E-state index in [9.17, 15) is 14.7 Å². The lowest BCUT2D eigenvalue weighted by Gasteiger charge is -2.47. The molecule has 0 aromatic heterocycles. The first-order chi connectivity index (χ1) is 15.5. The maximum atomic E-state index is 12.5. The third-order valence-electron chi connectivity index (χ3n) is 7.44. The summed E-state index contributed by atoms with van der Waals surface area (Å²) in [6.45, 7) is 4.38. The molecule has 0 radical (unpaired) electrons. The fourth-order valence-corrected chi connectivity index (χ4v) is 5.76. The molecule has 2 saturated carbocycles. The molecule has 4 rings (SSSR count). The fraction of sp³-hybridized carbons (Fsp3) is 0.615. The monoisotopic (exact) mass is 441 g/mol. The summed E-state index contributed by atoms with van der Waals surface area (Å²) >= 11 is 0. The van der Waals surface area contributed by atoms with Crippen LogP contribution in [0.15, 0.2) is 12.1 Å². The average Bonchev–Trinajstić information content (AvgIpc) is 3.61. The molecule has 2 fully saturated rings. The van der Waals surface area contributed by atoms with E-state index in [4.69, 9.17) is 9.47 Å². The number of carbonyl (C=O) groups excluding carboxylic acids is 2. The van der Waals surface area contributed by atoms with E-state index in [0.717, 1.165) is 55.0 Å². The number of fused-ring (bicyclic) bond motifs is 3. The second-order valence-corrected chi connectivity index (χ2v) is 9.53. The van der Waals surface area contributed by atoms with Crippen LogP contribution in [-0.4, -0.2) is 55.1 Å². The molecule has 3 atom stereocenters. The maximum absolute atomic E-state index is 12.5. The van der Waals surface area contributed by atoms with Crippen molar-refractivity contribution in [3.05, 3.63) is 28.8 Å². The van der Waals surface area contributed by atoms with Crippen LogP contribution in [0.25, 0.3) is 6.08 Å². The van der Waals surface area contributed by atoms with Gasteiger partial charge in [-0.05, 0) is 79.7 Å². The van der Waals surface area contributed by atoms with Gasteiger partial charge in [0.25, 0.3) is 0 Å². The van der Waals surface area contributed by atoms with Crippen molar-refractivity contribution in [3.63, 3.8) is 0 Å². The van der Waals surface area contributed by atoms with E-state index in [1.54, 1.807) is 12.1 Å². The minimum atomic E-state index is -0.426. The molecule has 3 aliphatic carbocycles. The van der Waals surface area contributed by atoms with Gasteiger partial charge in [-0.25, -0.2) is 4.79 Å². The van der Waals surface area contributed by atoms with Gasteiger partial charge in [-0.15, -0.1) is 0 Å². The number of methoxy groups -OCH3 is 2. The third-order valence-corrected chi connectivity index (χ3v) is 7.44. The number of hydrogen-bond donors (Lipinski definition) is 1. The lowest BCUT2D eigenvalue weighted by Crippen LogP contribution is -2.49. The Balaban J connectivity index is 1.81. The molecule has 32 heavy (non-hydrogen) atoms. The number of phenols is 1. The Hall–Kier alpha value is -2.34. The predicted octanol–water partition coefficient (Wildman–Crippen LogP) is 4.09. The van der Waals surface area contributed by atoms with Crippen LogP contribution >= 0.6 is 0 Å². The first kappa shape index (κ1) is 22.8. The number of rotatable bonds is 8. The van der Waals surface area contributed by atoms with Crippen molar-refractivity contribution >= 4 is 17.8 Å². The smallest absolute Gasteiger partial charge is 0.330 e. The molecule has 174 valence electrons. The fourth-order valence-electron chi connectivity index (χ4n) is 5.76. The predicted molar refractivity (Wildman–Crippen MR) is 123 cm³/mol. The first-order valence-electron chi connectivity index (χ1n) is 11.9. The molecule has 3 aliphatic rings. The summed E-state index contributed by atoms with van der Waals surface area (Å²) in [5.74, 6) is 1.46. The summed E-state index contributed by atoms with van der Waals surface area (Å²) in [5, 5.41) is 11.1. The second kappa shape index (κ2) is 9.65. The highest BCUT2D eigenvalue weighted by Crippen LogP contribution is 2.52. The Bertz CT molecular complexity index is 904. The SMILES string of the molecule is CCCN(CC1CC1)C1Cc2c(/C=C/C(=O)OC)cc(OC)c(O)c2C2CC(=O)CCC21. The van der Waals surface area contributed by atoms with Crippen molar-refractivity contribution < 1.29 is 24.2 Å². The van der Waals surface area contributed by atoms with E-state index in [1.165, 1.54) is 33.1 Å². The highest BCUT2D eigenvalue weighted by molar-refractivity contribution is 5.88. The zero-order valence-electron chi connectivity index (χ0n) is 19.4. The molecule has 6 nitrogen and oxygen atoms in total. The molecular weight excluding hydrogens is 406 g/mol. The van der Waals surface area contributed by atoms with Crippen LogP contribution in [0.1, 0.15) is 68.1 Å². The number of phenolic OH excluding ortho intramolecular Hbond substituents is 1. The number of benzene rings is 1.